The number of nitriles is 1. The van der Waals surface area contributed by atoms with Gasteiger partial charge in [0.15, 0.2) is 16.5 Å². The van der Waals surface area contributed by atoms with Crippen LogP contribution in [0.15, 0.2) is 29.3 Å². The summed E-state index contributed by atoms with van der Waals surface area (Å²) < 4.78 is 0. The van der Waals surface area contributed by atoms with E-state index in [4.69, 9.17) is 5.26 Å². The van der Waals surface area contributed by atoms with Crippen LogP contribution in [0.1, 0.15) is 5.56 Å². The number of nitro groups is 1. The van der Waals surface area contributed by atoms with Crippen LogP contribution in [0.2, 0.25) is 0 Å². The van der Waals surface area contributed by atoms with Crippen molar-refractivity contribution in [3.63, 3.8) is 0 Å². The van der Waals surface area contributed by atoms with Crippen molar-refractivity contribution in [3.05, 3.63) is 45.0 Å². The molecule has 0 aliphatic carbocycles. The standard InChI is InChI=1S/C13H8N4O6S/c14-5-7(12(21)16-13-15-1-2-24-13)10(19)6-3-8(17(22)23)11(20)9(18)4-6/h1-4,18-20H,(H,15,16,21)/b10-7-. The van der Waals surface area contributed by atoms with Crippen molar-refractivity contribution in [2.75, 3.05) is 5.32 Å². The number of aliphatic hydroxyl groups excluding tert-OH is 1. The van der Waals surface area contributed by atoms with Crippen LogP contribution in [0.4, 0.5) is 10.8 Å². The van der Waals surface area contributed by atoms with Gasteiger partial charge in [-0.25, -0.2) is 4.98 Å². The Morgan fingerprint density at radius 2 is 2.12 bits per heavy atom. The number of aliphatic hydroxyl groups is 1. The van der Waals surface area contributed by atoms with E-state index in [1.807, 2.05) is 0 Å². The number of benzene rings is 1. The Labute approximate surface area is 137 Å². The van der Waals surface area contributed by atoms with Crippen molar-refractivity contribution in [2.45, 2.75) is 0 Å². The number of aromatic nitrogens is 1. The fraction of sp³-hybridized carbons (Fsp3) is 0. The normalized spacial score (nSPS) is 11.3. The lowest BCUT2D eigenvalue weighted by Gasteiger charge is -2.06. The molecule has 0 atom stereocenters. The van der Waals surface area contributed by atoms with Gasteiger partial charge >= 0.3 is 5.69 Å². The maximum Gasteiger partial charge on any atom is 0.315 e. The molecule has 0 aliphatic rings. The molecule has 0 unspecified atom stereocenters. The molecule has 24 heavy (non-hydrogen) atoms. The Morgan fingerprint density at radius 1 is 1.42 bits per heavy atom. The molecule has 0 saturated carbocycles. The molecule has 122 valence electrons. The molecule has 2 aromatic rings. The largest absolute Gasteiger partial charge is 0.506 e. The van der Waals surface area contributed by atoms with Crippen LogP contribution in [0.25, 0.3) is 5.76 Å². The summed E-state index contributed by atoms with van der Waals surface area (Å²) in [6, 6.07) is 2.98. The first kappa shape index (κ1) is 16.7. The predicted octanol–water partition coefficient (Wildman–Crippen LogP) is 1.89. The van der Waals surface area contributed by atoms with Gasteiger partial charge in [-0.15, -0.1) is 11.3 Å². The molecule has 11 heteroatoms. The minimum Gasteiger partial charge on any atom is -0.506 e. The highest BCUT2D eigenvalue weighted by molar-refractivity contribution is 7.13. The van der Waals surface area contributed by atoms with Gasteiger partial charge in [-0.1, -0.05) is 0 Å². The number of rotatable bonds is 4. The zero-order valence-electron chi connectivity index (χ0n) is 11.6. The number of nitro benzene ring substituents is 1. The minimum atomic E-state index is -0.998. The quantitative estimate of drug-likeness (QED) is 0.162. The Morgan fingerprint density at radius 3 is 2.67 bits per heavy atom. The first-order valence-corrected chi connectivity index (χ1v) is 6.98. The fourth-order valence-corrected chi connectivity index (χ4v) is 2.20. The van der Waals surface area contributed by atoms with Gasteiger partial charge in [0.2, 0.25) is 5.75 Å². The number of phenolic OH excluding ortho intramolecular Hbond substituents is 2. The summed E-state index contributed by atoms with van der Waals surface area (Å²) in [5.74, 6) is -3.77. The lowest BCUT2D eigenvalue weighted by Crippen LogP contribution is -2.15. The van der Waals surface area contributed by atoms with Crippen LogP contribution in [-0.4, -0.2) is 31.1 Å². The van der Waals surface area contributed by atoms with E-state index in [-0.39, 0.29) is 10.7 Å². The van der Waals surface area contributed by atoms with Crippen molar-refractivity contribution in [3.8, 4) is 17.6 Å². The maximum absolute atomic E-state index is 12.0. The Balaban J connectivity index is 2.48. The van der Waals surface area contributed by atoms with Crippen LogP contribution in [0.5, 0.6) is 11.5 Å². The molecule has 0 saturated heterocycles. The number of hydrogen-bond donors (Lipinski definition) is 4. The van der Waals surface area contributed by atoms with Crippen LogP contribution in [-0.2, 0) is 4.79 Å². The highest BCUT2D eigenvalue weighted by atomic mass is 32.1. The molecule has 0 spiro atoms. The zero-order valence-corrected chi connectivity index (χ0v) is 12.4. The van der Waals surface area contributed by atoms with Crippen LogP contribution in [0.3, 0.4) is 0 Å². The Bertz CT molecular complexity index is 885. The second-order valence-corrected chi connectivity index (χ2v) is 5.14. The summed E-state index contributed by atoms with van der Waals surface area (Å²) in [5, 5.41) is 52.9. The second-order valence-electron chi connectivity index (χ2n) is 4.25. The first-order chi connectivity index (χ1) is 11.3. The minimum absolute atomic E-state index is 0.181. The van der Waals surface area contributed by atoms with Crippen molar-refractivity contribution in [2.24, 2.45) is 0 Å². The van der Waals surface area contributed by atoms with Gasteiger partial charge < -0.3 is 15.3 Å². The number of aromatic hydroxyl groups is 2. The third kappa shape index (κ3) is 3.23. The molecule has 10 nitrogen and oxygen atoms in total. The number of thiazole rings is 1. The molecular formula is C13H8N4O6S. The van der Waals surface area contributed by atoms with Gasteiger partial charge in [0.25, 0.3) is 5.91 Å². The molecule has 1 aromatic carbocycles. The number of phenols is 2. The van der Waals surface area contributed by atoms with Crippen molar-refractivity contribution in [1.82, 2.24) is 4.98 Å². The van der Waals surface area contributed by atoms with Gasteiger partial charge in [-0.2, -0.15) is 5.26 Å². The van der Waals surface area contributed by atoms with Crippen molar-refractivity contribution >= 4 is 33.8 Å². The summed E-state index contributed by atoms with van der Waals surface area (Å²) in [5.41, 5.74) is -2.03. The van der Waals surface area contributed by atoms with Gasteiger partial charge in [-0.3, -0.25) is 20.2 Å². The third-order valence-corrected chi connectivity index (χ3v) is 3.46. The number of carbonyl (C=O) groups excluding carboxylic acids is 1. The van der Waals surface area contributed by atoms with Crippen LogP contribution in [0, 0.1) is 21.4 Å². The Hall–Kier alpha value is -3.65. The van der Waals surface area contributed by atoms with E-state index in [1.54, 1.807) is 5.38 Å². The topological polar surface area (TPSA) is 170 Å². The van der Waals surface area contributed by atoms with E-state index in [0.717, 1.165) is 23.5 Å². The SMILES string of the molecule is N#C/C(C(=O)Nc1nccs1)=C(/O)c1cc(O)c(O)c([N+](=O)[O-])c1. The molecule has 0 fully saturated rings. The monoisotopic (exact) mass is 348 g/mol. The number of nitrogens with one attached hydrogen (secondary N) is 1. The summed E-state index contributed by atoms with van der Waals surface area (Å²) in [6.07, 6.45) is 1.41. The van der Waals surface area contributed by atoms with Gasteiger partial charge in [0, 0.05) is 23.2 Å². The van der Waals surface area contributed by atoms with Crippen molar-refractivity contribution < 1.29 is 25.0 Å². The van der Waals surface area contributed by atoms with Gasteiger partial charge in [0.05, 0.1) is 4.92 Å². The maximum atomic E-state index is 12.0. The van der Waals surface area contributed by atoms with E-state index >= 15 is 0 Å². The average molecular weight is 348 g/mol. The van der Waals surface area contributed by atoms with E-state index in [1.165, 1.54) is 12.3 Å². The molecule has 0 bridgehead atoms. The Kier molecular flexibility index (Phi) is 4.62. The summed E-state index contributed by atoms with van der Waals surface area (Å²) in [6.45, 7) is 0. The van der Waals surface area contributed by atoms with E-state index in [9.17, 15) is 30.2 Å². The highest BCUT2D eigenvalue weighted by Gasteiger charge is 2.23. The van der Waals surface area contributed by atoms with Gasteiger partial charge in [0.1, 0.15) is 11.8 Å². The number of amides is 1. The number of hydrogen-bond acceptors (Lipinski definition) is 9. The van der Waals surface area contributed by atoms with E-state index in [2.05, 4.69) is 10.3 Å². The summed E-state index contributed by atoms with van der Waals surface area (Å²) in [4.78, 5) is 25.6. The summed E-state index contributed by atoms with van der Waals surface area (Å²) >= 11 is 1.08. The average Bonchev–Trinajstić information content (AvgIpc) is 3.02. The second kappa shape index (κ2) is 6.63. The van der Waals surface area contributed by atoms with Gasteiger partial charge in [-0.05, 0) is 6.07 Å². The van der Waals surface area contributed by atoms with E-state index < -0.39 is 39.3 Å². The fourth-order valence-electron chi connectivity index (χ4n) is 1.68. The molecule has 2 rings (SSSR count). The van der Waals surface area contributed by atoms with Crippen molar-refractivity contribution in [1.29, 1.82) is 5.26 Å². The third-order valence-electron chi connectivity index (χ3n) is 2.77. The zero-order chi connectivity index (χ0) is 17.9. The molecular weight excluding hydrogens is 340 g/mol. The smallest absolute Gasteiger partial charge is 0.315 e. The molecule has 1 aromatic heterocycles. The lowest BCUT2D eigenvalue weighted by atomic mass is 10.1. The number of carbonyl (C=O) groups is 1. The van der Waals surface area contributed by atoms with Crippen LogP contribution < -0.4 is 5.32 Å². The number of anilines is 1. The molecule has 4 N–H and O–H groups in total. The molecule has 1 amide bonds. The predicted molar refractivity (Wildman–Crippen MR) is 82.3 cm³/mol. The molecule has 1 heterocycles. The van der Waals surface area contributed by atoms with Crippen LogP contribution >= 0.6 is 11.3 Å². The first-order valence-electron chi connectivity index (χ1n) is 6.10. The van der Waals surface area contributed by atoms with E-state index in [0.29, 0.717) is 0 Å². The molecule has 0 radical (unpaired) electrons. The summed E-state index contributed by atoms with van der Waals surface area (Å²) in [7, 11) is 0. The number of nitrogens with zero attached hydrogens (tertiary/aromatic N) is 3. The lowest BCUT2D eigenvalue weighted by molar-refractivity contribution is -0.386. The molecule has 0 aliphatic heterocycles. The highest BCUT2D eigenvalue weighted by Crippen LogP contribution is 2.38.